The first-order valence-corrected chi connectivity index (χ1v) is 6.14. The Bertz CT molecular complexity index is 449. The van der Waals surface area contributed by atoms with Crippen LogP contribution in [0.15, 0.2) is 27.8 Å². The molecule has 1 rings (SSSR count). The van der Waals surface area contributed by atoms with Gasteiger partial charge in [0.05, 0.1) is 11.6 Å². The van der Waals surface area contributed by atoms with Crippen molar-refractivity contribution in [2.75, 3.05) is 13.7 Å². The Morgan fingerprint density at radius 2 is 2.29 bits per heavy atom. The Hall–Kier alpha value is -1.07. The smallest absolute Gasteiger partial charge is 0.359 e. The molecule has 0 saturated heterocycles. The van der Waals surface area contributed by atoms with Gasteiger partial charge in [-0.25, -0.2) is 4.79 Å². The van der Waals surface area contributed by atoms with Crippen LogP contribution in [0.5, 0.6) is 0 Å². The summed E-state index contributed by atoms with van der Waals surface area (Å²) >= 11 is 9.35. The van der Waals surface area contributed by atoms with Crippen molar-refractivity contribution in [3.05, 3.63) is 33.3 Å². The lowest BCUT2D eigenvalue weighted by atomic mass is 10.1. The number of benzene rings is 1. The highest BCUT2D eigenvalue weighted by Gasteiger charge is 2.18. The van der Waals surface area contributed by atoms with Crippen LogP contribution in [0.25, 0.3) is 0 Å². The summed E-state index contributed by atoms with van der Waals surface area (Å²) in [5, 5.41) is 4.34. The Morgan fingerprint density at radius 1 is 1.59 bits per heavy atom. The second-order valence-electron chi connectivity index (χ2n) is 3.03. The van der Waals surface area contributed by atoms with E-state index in [1.54, 1.807) is 32.2 Å². The van der Waals surface area contributed by atoms with Crippen LogP contribution in [0.3, 0.4) is 0 Å². The first-order valence-electron chi connectivity index (χ1n) is 4.97. The maximum Gasteiger partial charge on any atom is 0.359 e. The molecule has 0 aromatic heterocycles. The summed E-state index contributed by atoms with van der Waals surface area (Å²) in [5.74, 6) is -0.512. The van der Waals surface area contributed by atoms with Gasteiger partial charge in [0.25, 0.3) is 0 Å². The van der Waals surface area contributed by atoms with E-state index in [0.717, 1.165) is 4.47 Å². The van der Waals surface area contributed by atoms with E-state index in [-0.39, 0.29) is 12.3 Å². The second-order valence-corrected chi connectivity index (χ2v) is 4.35. The second kappa shape index (κ2) is 6.61. The van der Waals surface area contributed by atoms with Crippen LogP contribution in [0.4, 0.5) is 0 Å². The maximum absolute atomic E-state index is 11.7. The van der Waals surface area contributed by atoms with Crippen molar-refractivity contribution in [3.63, 3.8) is 0 Å². The minimum Gasteiger partial charge on any atom is -0.461 e. The standard InChI is InChI=1S/C11H12BrClN2O2/c1-3-17-11(16)10(15-14-2)8-6-7(12)4-5-9(8)13/h4-6,14H,3H2,1-2H3/b15-10-. The van der Waals surface area contributed by atoms with E-state index in [1.165, 1.54) is 0 Å². The van der Waals surface area contributed by atoms with Gasteiger partial charge in [-0.05, 0) is 25.1 Å². The third-order valence-electron chi connectivity index (χ3n) is 1.88. The van der Waals surface area contributed by atoms with Crippen LogP contribution < -0.4 is 5.43 Å². The number of nitrogens with one attached hydrogen (secondary N) is 1. The molecule has 0 unspecified atom stereocenters. The van der Waals surface area contributed by atoms with Crippen LogP contribution in [0.2, 0.25) is 5.02 Å². The monoisotopic (exact) mass is 318 g/mol. The third-order valence-corrected chi connectivity index (χ3v) is 2.70. The average molecular weight is 320 g/mol. The van der Waals surface area contributed by atoms with Gasteiger partial charge >= 0.3 is 5.97 Å². The molecule has 0 aliphatic heterocycles. The van der Waals surface area contributed by atoms with Gasteiger partial charge in [0.15, 0.2) is 5.71 Å². The number of hydrogen-bond acceptors (Lipinski definition) is 4. The largest absolute Gasteiger partial charge is 0.461 e. The highest BCUT2D eigenvalue weighted by Crippen LogP contribution is 2.22. The molecule has 0 amide bonds. The SMILES string of the molecule is CCOC(=O)/C(=N\NC)c1cc(Br)ccc1Cl. The fraction of sp³-hybridized carbons (Fsp3) is 0.273. The summed E-state index contributed by atoms with van der Waals surface area (Å²) in [6, 6.07) is 5.19. The predicted octanol–water partition coefficient (Wildman–Crippen LogP) is 2.59. The predicted molar refractivity (Wildman–Crippen MR) is 71.4 cm³/mol. The van der Waals surface area contributed by atoms with E-state index in [4.69, 9.17) is 16.3 Å². The van der Waals surface area contributed by atoms with E-state index in [0.29, 0.717) is 10.6 Å². The van der Waals surface area contributed by atoms with E-state index in [9.17, 15) is 4.79 Å². The lowest BCUT2D eigenvalue weighted by Gasteiger charge is -2.08. The Balaban J connectivity index is 3.19. The zero-order valence-corrected chi connectivity index (χ0v) is 11.8. The summed E-state index contributed by atoms with van der Waals surface area (Å²) in [4.78, 5) is 11.7. The molecule has 1 aromatic carbocycles. The quantitative estimate of drug-likeness (QED) is 0.527. The van der Waals surface area contributed by atoms with Crippen molar-refractivity contribution in [1.82, 2.24) is 5.43 Å². The Kier molecular flexibility index (Phi) is 5.44. The Morgan fingerprint density at radius 3 is 2.88 bits per heavy atom. The molecule has 0 spiro atoms. The third kappa shape index (κ3) is 3.71. The van der Waals surface area contributed by atoms with E-state index in [1.807, 2.05) is 0 Å². The summed E-state index contributed by atoms with van der Waals surface area (Å²) in [7, 11) is 1.60. The normalized spacial score (nSPS) is 11.2. The number of carbonyl (C=O) groups is 1. The Labute approximate surface area is 113 Å². The van der Waals surface area contributed by atoms with Gasteiger partial charge in [0.2, 0.25) is 0 Å². The molecule has 0 bridgehead atoms. The van der Waals surface area contributed by atoms with Crippen LogP contribution in [0, 0.1) is 0 Å². The fourth-order valence-corrected chi connectivity index (χ4v) is 1.77. The summed E-state index contributed by atoms with van der Waals surface area (Å²) in [6.07, 6.45) is 0. The van der Waals surface area contributed by atoms with Crippen LogP contribution in [-0.4, -0.2) is 25.3 Å². The topological polar surface area (TPSA) is 50.7 Å². The molecule has 1 N–H and O–H groups in total. The van der Waals surface area contributed by atoms with Gasteiger partial charge in [0.1, 0.15) is 0 Å². The molecule has 0 radical (unpaired) electrons. The number of carbonyl (C=O) groups excluding carboxylic acids is 1. The van der Waals surface area contributed by atoms with Gasteiger partial charge in [-0.15, -0.1) is 0 Å². The van der Waals surface area contributed by atoms with Gasteiger partial charge in [-0.2, -0.15) is 5.10 Å². The number of hydrazone groups is 1. The number of nitrogens with zero attached hydrogens (tertiary/aromatic N) is 1. The molecule has 17 heavy (non-hydrogen) atoms. The molecule has 0 heterocycles. The molecular formula is C11H12BrClN2O2. The summed E-state index contributed by atoms with van der Waals surface area (Å²) in [5.41, 5.74) is 3.24. The molecule has 4 nitrogen and oxygen atoms in total. The van der Waals surface area contributed by atoms with E-state index >= 15 is 0 Å². The highest BCUT2D eigenvalue weighted by molar-refractivity contribution is 9.10. The molecule has 0 aliphatic rings. The number of rotatable bonds is 4. The average Bonchev–Trinajstić information content (AvgIpc) is 2.30. The zero-order chi connectivity index (χ0) is 12.8. The van der Waals surface area contributed by atoms with Gasteiger partial charge in [0, 0.05) is 17.1 Å². The zero-order valence-electron chi connectivity index (χ0n) is 9.46. The van der Waals surface area contributed by atoms with Crippen molar-refractivity contribution in [1.29, 1.82) is 0 Å². The molecule has 0 aliphatic carbocycles. The molecular weight excluding hydrogens is 307 g/mol. The molecule has 0 atom stereocenters. The van der Waals surface area contributed by atoms with Gasteiger partial charge in [-0.1, -0.05) is 27.5 Å². The minimum absolute atomic E-state index is 0.153. The van der Waals surface area contributed by atoms with Crippen molar-refractivity contribution in [2.45, 2.75) is 6.92 Å². The highest BCUT2D eigenvalue weighted by atomic mass is 79.9. The summed E-state index contributed by atoms with van der Waals surface area (Å²) < 4.78 is 5.73. The minimum atomic E-state index is -0.512. The summed E-state index contributed by atoms with van der Waals surface area (Å²) in [6.45, 7) is 2.02. The molecule has 0 saturated carbocycles. The van der Waals surface area contributed by atoms with Gasteiger partial charge < -0.3 is 10.2 Å². The molecule has 0 fully saturated rings. The van der Waals surface area contributed by atoms with Crippen LogP contribution >= 0.6 is 27.5 Å². The van der Waals surface area contributed by atoms with Crippen LogP contribution in [0.1, 0.15) is 12.5 Å². The number of halogens is 2. The lowest BCUT2D eigenvalue weighted by molar-refractivity contribution is -0.134. The van der Waals surface area contributed by atoms with Crippen molar-refractivity contribution >= 4 is 39.2 Å². The molecule has 92 valence electrons. The number of hydrogen-bond donors (Lipinski definition) is 1. The maximum atomic E-state index is 11.7. The number of esters is 1. The van der Waals surface area contributed by atoms with Crippen molar-refractivity contribution < 1.29 is 9.53 Å². The molecule has 6 heteroatoms. The van der Waals surface area contributed by atoms with E-state index in [2.05, 4.69) is 26.5 Å². The fourth-order valence-electron chi connectivity index (χ4n) is 1.21. The number of ether oxygens (including phenoxy) is 1. The first-order chi connectivity index (χ1) is 8.10. The van der Waals surface area contributed by atoms with Crippen molar-refractivity contribution in [2.24, 2.45) is 5.10 Å². The van der Waals surface area contributed by atoms with Gasteiger partial charge in [-0.3, -0.25) is 0 Å². The first kappa shape index (κ1) is 14.0. The van der Waals surface area contributed by atoms with Crippen molar-refractivity contribution in [3.8, 4) is 0 Å². The van der Waals surface area contributed by atoms with E-state index < -0.39 is 5.97 Å². The van der Waals surface area contributed by atoms with Crippen LogP contribution in [-0.2, 0) is 9.53 Å². The molecule has 1 aromatic rings. The lowest BCUT2D eigenvalue weighted by Crippen LogP contribution is -2.21.